The van der Waals surface area contributed by atoms with E-state index in [0.29, 0.717) is 15.7 Å². The Morgan fingerprint density at radius 1 is 1.22 bits per heavy atom. The van der Waals surface area contributed by atoms with E-state index in [1.807, 2.05) is 0 Å². The van der Waals surface area contributed by atoms with Crippen molar-refractivity contribution in [2.24, 2.45) is 0 Å². The van der Waals surface area contributed by atoms with E-state index in [1.165, 1.54) is 26.0 Å². The number of Topliss-reactive ketones (excluding diaryl/α,β-unsaturated/α-hetero) is 1. The molecular weight excluding hydrogens is 365 g/mol. The zero-order chi connectivity index (χ0) is 17.0. The number of halogens is 2. The fraction of sp³-hybridized carbons (Fsp3) is 0.176. The Morgan fingerprint density at radius 3 is 2.61 bits per heavy atom. The highest BCUT2D eigenvalue weighted by molar-refractivity contribution is 9.10. The molecule has 0 heterocycles. The van der Waals surface area contributed by atoms with Crippen LogP contribution in [0.5, 0.6) is 5.75 Å². The molecule has 0 bridgehead atoms. The molecule has 0 aliphatic heterocycles. The van der Waals surface area contributed by atoms with E-state index in [4.69, 9.17) is 4.74 Å². The van der Waals surface area contributed by atoms with Gasteiger partial charge in [0.15, 0.2) is 23.5 Å². The molecule has 0 radical (unpaired) electrons. The molecule has 120 valence electrons. The zero-order valence-electron chi connectivity index (χ0n) is 12.6. The van der Waals surface area contributed by atoms with Crippen molar-refractivity contribution in [1.82, 2.24) is 0 Å². The minimum atomic E-state index is -0.897. The lowest BCUT2D eigenvalue weighted by atomic mass is 10.1. The molecular formula is C17H15BrFNO3. The monoisotopic (exact) mass is 379 g/mol. The fourth-order valence-electron chi connectivity index (χ4n) is 1.87. The average Bonchev–Trinajstić information content (AvgIpc) is 2.50. The summed E-state index contributed by atoms with van der Waals surface area (Å²) in [4.78, 5) is 23.5. The highest BCUT2D eigenvalue weighted by Crippen LogP contribution is 2.22. The Morgan fingerprint density at radius 2 is 1.96 bits per heavy atom. The van der Waals surface area contributed by atoms with Crippen LogP contribution in [0.2, 0.25) is 0 Å². The van der Waals surface area contributed by atoms with E-state index in [9.17, 15) is 14.0 Å². The summed E-state index contributed by atoms with van der Waals surface area (Å²) in [5.41, 5.74) is 0.977. The van der Waals surface area contributed by atoms with E-state index >= 15 is 0 Å². The molecule has 2 rings (SSSR count). The second-order valence-electron chi connectivity index (χ2n) is 4.96. The Bertz CT molecular complexity index is 748. The number of carbonyl (C=O) groups excluding carboxylic acids is 2. The van der Waals surface area contributed by atoms with Gasteiger partial charge in [-0.05, 0) is 44.2 Å². The molecule has 1 amide bonds. The van der Waals surface area contributed by atoms with Gasteiger partial charge in [-0.3, -0.25) is 9.59 Å². The van der Waals surface area contributed by atoms with Crippen molar-refractivity contribution in [2.75, 3.05) is 5.32 Å². The molecule has 6 heteroatoms. The minimum Gasteiger partial charge on any atom is -0.478 e. The van der Waals surface area contributed by atoms with Crippen molar-refractivity contribution in [3.05, 3.63) is 58.3 Å². The lowest BCUT2D eigenvalue weighted by Crippen LogP contribution is -2.30. The molecule has 0 saturated carbocycles. The number of amides is 1. The van der Waals surface area contributed by atoms with Crippen molar-refractivity contribution < 1.29 is 18.7 Å². The van der Waals surface area contributed by atoms with E-state index in [-0.39, 0.29) is 11.5 Å². The molecule has 1 unspecified atom stereocenters. The summed E-state index contributed by atoms with van der Waals surface area (Å²) >= 11 is 3.15. The first-order chi connectivity index (χ1) is 10.9. The highest BCUT2D eigenvalue weighted by atomic mass is 79.9. The third-order valence-corrected chi connectivity index (χ3v) is 3.60. The maximum absolute atomic E-state index is 13.7. The van der Waals surface area contributed by atoms with Crippen LogP contribution in [0.1, 0.15) is 24.2 Å². The molecule has 0 aliphatic rings. The summed E-state index contributed by atoms with van der Waals surface area (Å²) in [7, 11) is 0. The molecule has 2 aromatic rings. The van der Waals surface area contributed by atoms with Gasteiger partial charge in [-0.25, -0.2) is 4.39 Å². The van der Waals surface area contributed by atoms with Crippen LogP contribution in [0.3, 0.4) is 0 Å². The second kappa shape index (κ2) is 7.37. The summed E-state index contributed by atoms with van der Waals surface area (Å²) in [6.45, 7) is 2.97. The van der Waals surface area contributed by atoms with Crippen LogP contribution in [0.25, 0.3) is 0 Å². The summed E-state index contributed by atoms with van der Waals surface area (Å²) < 4.78 is 19.6. The lowest BCUT2D eigenvalue weighted by Gasteiger charge is -2.15. The van der Waals surface area contributed by atoms with Gasteiger partial charge >= 0.3 is 0 Å². The standard InChI is InChI=1S/C17H15BrFNO3/c1-10(21)12-4-3-5-14(8-12)20-17(22)11(2)23-16-7-6-13(18)9-15(16)19/h3-9,11H,1-2H3,(H,20,22). The first-order valence-electron chi connectivity index (χ1n) is 6.90. The van der Waals surface area contributed by atoms with Gasteiger partial charge in [0.25, 0.3) is 5.91 Å². The number of hydrogen-bond donors (Lipinski definition) is 1. The molecule has 0 spiro atoms. The van der Waals surface area contributed by atoms with Crippen molar-refractivity contribution >= 4 is 33.3 Å². The number of ether oxygens (including phenoxy) is 1. The maximum atomic E-state index is 13.7. The number of anilines is 1. The molecule has 0 aliphatic carbocycles. The Hall–Kier alpha value is -2.21. The van der Waals surface area contributed by atoms with Crippen LogP contribution in [0.15, 0.2) is 46.9 Å². The normalized spacial score (nSPS) is 11.7. The fourth-order valence-corrected chi connectivity index (χ4v) is 2.21. The summed E-state index contributed by atoms with van der Waals surface area (Å²) in [5.74, 6) is -1.10. The number of carbonyl (C=O) groups is 2. The molecule has 4 nitrogen and oxygen atoms in total. The molecule has 0 aromatic heterocycles. The number of ketones is 1. The topological polar surface area (TPSA) is 55.4 Å². The van der Waals surface area contributed by atoms with Crippen LogP contribution in [-0.2, 0) is 4.79 Å². The van der Waals surface area contributed by atoms with Crippen LogP contribution in [-0.4, -0.2) is 17.8 Å². The second-order valence-corrected chi connectivity index (χ2v) is 5.88. The van der Waals surface area contributed by atoms with E-state index in [1.54, 1.807) is 30.3 Å². The maximum Gasteiger partial charge on any atom is 0.265 e. The zero-order valence-corrected chi connectivity index (χ0v) is 14.2. The van der Waals surface area contributed by atoms with Crippen LogP contribution < -0.4 is 10.1 Å². The average molecular weight is 380 g/mol. The van der Waals surface area contributed by atoms with Crippen molar-refractivity contribution in [1.29, 1.82) is 0 Å². The SMILES string of the molecule is CC(=O)c1cccc(NC(=O)C(C)Oc2ccc(Br)cc2F)c1. The van der Waals surface area contributed by atoms with Gasteiger partial charge in [-0.2, -0.15) is 0 Å². The minimum absolute atomic E-state index is 0.00617. The third-order valence-electron chi connectivity index (χ3n) is 3.10. The van der Waals surface area contributed by atoms with Crippen molar-refractivity contribution in [3.8, 4) is 5.75 Å². The van der Waals surface area contributed by atoms with Gasteiger partial charge in [-0.15, -0.1) is 0 Å². The molecule has 0 fully saturated rings. The summed E-state index contributed by atoms with van der Waals surface area (Å²) in [6, 6.07) is 10.9. The first kappa shape index (κ1) is 17.1. The van der Waals surface area contributed by atoms with Crippen molar-refractivity contribution in [2.45, 2.75) is 20.0 Å². The Balaban J connectivity index is 2.05. The molecule has 0 saturated heterocycles. The first-order valence-corrected chi connectivity index (χ1v) is 7.69. The smallest absolute Gasteiger partial charge is 0.265 e. The van der Waals surface area contributed by atoms with Crippen molar-refractivity contribution in [3.63, 3.8) is 0 Å². The third kappa shape index (κ3) is 4.63. The predicted molar refractivity (Wildman–Crippen MR) is 89.3 cm³/mol. The van der Waals surface area contributed by atoms with E-state index in [0.717, 1.165) is 0 Å². The van der Waals surface area contributed by atoms with Gasteiger partial charge in [0.1, 0.15) is 0 Å². The molecule has 1 N–H and O–H groups in total. The van der Waals surface area contributed by atoms with Crippen LogP contribution in [0, 0.1) is 5.82 Å². The number of hydrogen-bond acceptors (Lipinski definition) is 3. The molecule has 1 atom stereocenters. The number of nitrogens with one attached hydrogen (secondary N) is 1. The lowest BCUT2D eigenvalue weighted by molar-refractivity contribution is -0.122. The van der Waals surface area contributed by atoms with Gasteiger partial charge in [-0.1, -0.05) is 28.1 Å². The van der Waals surface area contributed by atoms with E-state index in [2.05, 4.69) is 21.2 Å². The largest absolute Gasteiger partial charge is 0.478 e. The summed E-state index contributed by atoms with van der Waals surface area (Å²) in [5, 5.41) is 2.64. The highest BCUT2D eigenvalue weighted by Gasteiger charge is 2.17. The van der Waals surface area contributed by atoms with Gasteiger partial charge in [0.05, 0.1) is 0 Å². The number of rotatable bonds is 5. The Labute approximate surface area is 141 Å². The predicted octanol–water partition coefficient (Wildman–Crippen LogP) is 4.20. The Kier molecular flexibility index (Phi) is 5.50. The quantitative estimate of drug-likeness (QED) is 0.792. The molecule has 23 heavy (non-hydrogen) atoms. The van der Waals surface area contributed by atoms with Gasteiger partial charge in [0.2, 0.25) is 0 Å². The summed E-state index contributed by atoms with van der Waals surface area (Å²) in [6.07, 6.45) is -0.897. The van der Waals surface area contributed by atoms with E-state index < -0.39 is 17.8 Å². The van der Waals surface area contributed by atoms with Gasteiger partial charge < -0.3 is 10.1 Å². The van der Waals surface area contributed by atoms with Crippen LogP contribution in [0.4, 0.5) is 10.1 Å². The van der Waals surface area contributed by atoms with Gasteiger partial charge in [0, 0.05) is 15.7 Å². The van der Waals surface area contributed by atoms with Crippen LogP contribution >= 0.6 is 15.9 Å². The number of benzene rings is 2. The molecule has 2 aromatic carbocycles.